The Hall–Kier alpha value is -1.82. The molecule has 19 heavy (non-hydrogen) atoms. The van der Waals surface area contributed by atoms with Gasteiger partial charge in [-0.2, -0.15) is 0 Å². The maximum atomic E-state index is 10.9. The van der Waals surface area contributed by atoms with Crippen molar-refractivity contribution in [3.05, 3.63) is 28.3 Å². The Morgan fingerprint density at radius 2 is 2.37 bits per heavy atom. The SMILES string of the molecule is CCCOc1cc(N2CC[C@@H](O)C2)ccc1[N+](=O)[O-]. The Bertz CT molecular complexity index is 464. The van der Waals surface area contributed by atoms with E-state index >= 15 is 0 Å². The third-order valence-electron chi connectivity index (χ3n) is 3.13. The Balaban J connectivity index is 2.24. The van der Waals surface area contributed by atoms with Crippen molar-refractivity contribution in [2.45, 2.75) is 25.9 Å². The molecule has 0 aromatic heterocycles. The van der Waals surface area contributed by atoms with Crippen LogP contribution in [0.4, 0.5) is 11.4 Å². The van der Waals surface area contributed by atoms with Crippen LogP contribution in [0, 0.1) is 10.1 Å². The summed E-state index contributed by atoms with van der Waals surface area (Å²) in [6.45, 7) is 3.72. The number of ether oxygens (including phenoxy) is 1. The Labute approximate surface area is 111 Å². The van der Waals surface area contributed by atoms with Gasteiger partial charge in [-0.3, -0.25) is 10.1 Å². The van der Waals surface area contributed by atoms with Crippen LogP contribution in [0.2, 0.25) is 0 Å². The molecule has 1 aliphatic rings. The largest absolute Gasteiger partial charge is 0.487 e. The van der Waals surface area contributed by atoms with Gasteiger partial charge in [-0.25, -0.2) is 0 Å². The summed E-state index contributed by atoms with van der Waals surface area (Å²) >= 11 is 0. The molecular weight excluding hydrogens is 248 g/mol. The highest BCUT2D eigenvalue weighted by molar-refractivity contribution is 5.59. The molecular formula is C13H18N2O4. The fraction of sp³-hybridized carbons (Fsp3) is 0.538. The Morgan fingerprint density at radius 1 is 1.58 bits per heavy atom. The van der Waals surface area contributed by atoms with E-state index in [0.29, 0.717) is 18.9 Å². The van der Waals surface area contributed by atoms with Crippen molar-refractivity contribution in [2.24, 2.45) is 0 Å². The Morgan fingerprint density at radius 3 is 2.95 bits per heavy atom. The molecule has 6 nitrogen and oxygen atoms in total. The van der Waals surface area contributed by atoms with Gasteiger partial charge in [-0.1, -0.05) is 6.92 Å². The van der Waals surface area contributed by atoms with Crippen molar-refractivity contribution in [1.29, 1.82) is 0 Å². The lowest BCUT2D eigenvalue weighted by Crippen LogP contribution is -2.21. The first-order chi connectivity index (χ1) is 9.11. The maximum Gasteiger partial charge on any atom is 0.311 e. The minimum Gasteiger partial charge on any atom is -0.487 e. The predicted molar refractivity (Wildman–Crippen MR) is 71.7 cm³/mol. The van der Waals surface area contributed by atoms with Crippen LogP contribution >= 0.6 is 0 Å². The monoisotopic (exact) mass is 266 g/mol. The van der Waals surface area contributed by atoms with Crippen LogP contribution in [0.25, 0.3) is 0 Å². The van der Waals surface area contributed by atoms with Crippen molar-refractivity contribution in [2.75, 3.05) is 24.6 Å². The van der Waals surface area contributed by atoms with E-state index in [2.05, 4.69) is 0 Å². The van der Waals surface area contributed by atoms with E-state index in [-0.39, 0.29) is 11.8 Å². The van der Waals surface area contributed by atoms with E-state index in [1.165, 1.54) is 6.07 Å². The zero-order valence-corrected chi connectivity index (χ0v) is 10.9. The number of nitro groups is 1. The highest BCUT2D eigenvalue weighted by Gasteiger charge is 2.23. The zero-order chi connectivity index (χ0) is 13.8. The summed E-state index contributed by atoms with van der Waals surface area (Å²) in [5.74, 6) is 0.297. The van der Waals surface area contributed by atoms with Crippen molar-refractivity contribution >= 4 is 11.4 Å². The first kappa shape index (κ1) is 13.6. The van der Waals surface area contributed by atoms with Gasteiger partial charge in [-0.15, -0.1) is 0 Å². The van der Waals surface area contributed by atoms with E-state index in [4.69, 9.17) is 4.74 Å². The van der Waals surface area contributed by atoms with Crippen LogP contribution in [0.5, 0.6) is 5.75 Å². The molecule has 0 bridgehead atoms. The molecule has 0 unspecified atom stereocenters. The molecule has 1 saturated heterocycles. The van der Waals surface area contributed by atoms with Crippen molar-refractivity contribution in [3.8, 4) is 5.75 Å². The molecule has 1 N–H and O–H groups in total. The highest BCUT2D eigenvalue weighted by Crippen LogP contribution is 2.33. The number of anilines is 1. The van der Waals surface area contributed by atoms with Crippen LogP contribution in [-0.2, 0) is 0 Å². The van der Waals surface area contributed by atoms with Crippen molar-refractivity contribution in [3.63, 3.8) is 0 Å². The number of nitro benzene ring substituents is 1. The molecule has 0 amide bonds. The number of hydrogen-bond acceptors (Lipinski definition) is 5. The topological polar surface area (TPSA) is 75.8 Å². The van der Waals surface area contributed by atoms with Crippen LogP contribution in [-0.4, -0.2) is 35.8 Å². The number of hydrogen-bond donors (Lipinski definition) is 1. The lowest BCUT2D eigenvalue weighted by atomic mass is 10.2. The molecule has 1 heterocycles. The standard InChI is InChI=1S/C13H18N2O4/c1-2-7-19-13-8-10(3-4-12(13)15(17)18)14-6-5-11(16)9-14/h3-4,8,11,16H,2,5-7,9H2,1H3/t11-/m1/s1. The summed E-state index contributed by atoms with van der Waals surface area (Å²) in [6.07, 6.45) is 1.20. The number of β-amino-alcohol motifs (C(OH)–C–C–N with tert-alkyl or cyclic N) is 1. The summed E-state index contributed by atoms with van der Waals surface area (Å²) in [7, 11) is 0. The molecule has 1 aromatic carbocycles. The normalized spacial score (nSPS) is 18.6. The fourth-order valence-electron chi connectivity index (χ4n) is 2.15. The smallest absolute Gasteiger partial charge is 0.311 e. The van der Waals surface area contributed by atoms with E-state index in [1.807, 2.05) is 11.8 Å². The summed E-state index contributed by atoms with van der Waals surface area (Å²) in [5.41, 5.74) is 0.838. The van der Waals surface area contributed by atoms with Gasteiger partial charge in [0.25, 0.3) is 0 Å². The quantitative estimate of drug-likeness (QED) is 0.651. The number of aliphatic hydroxyl groups is 1. The van der Waals surface area contributed by atoms with Gasteiger partial charge >= 0.3 is 5.69 Å². The molecule has 1 fully saturated rings. The molecule has 0 spiro atoms. The number of nitrogens with zero attached hydrogens (tertiary/aromatic N) is 2. The van der Waals surface area contributed by atoms with Crippen LogP contribution in [0.3, 0.4) is 0 Å². The van der Waals surface area contributed by atoms with Gasteiger partial charge in [0, 0.05) is 30.9 Å². The minimum atomic E-state index is -0.437. The van der Waals surface area contributed by atoms with E-state index in [9.17, 15) is 15.2 Å². The van der Waals surface area contributed by atoms with Crippen molar-refractivity contribution in [1.82, 2.24) is 0 Å². The van der Waals surface area contributed by atoms with Crippen LogP contribution in [0.15, 0.2) is 18.2 Å². The summed E-state index contributed by atoms with van der Waals surface area (Å²) < 4.78 is 5.44. The van der Waals surface area contributed by atoms with Gasteiger partial charge in [0.2, 0.25) is 0 Å². The summed E-state index contributed by atoms with van der Waals surface area (Å²) in [6, 6.07) is 4.85. The first-order valence-electron chi connectivity index (χ1n) is 6.46. The Kier molecular flexibility index (Phi) is 4.21. The molecule has 1 aliphatic heterocycles. The molecule has 0 radical (unpaired) electrons. The molecule has 0 saturated carbocycles. The average Bonchev–Trinajstić information content (AvgIpc) is 2.82. The van der Waals surface area contributed by atoms with Gasteiger partial charge in [0.15, 0.2) is 5.75 Å². The predicted octanol–water partition coefficient (Wildman–Crippen LogP) is 1.95. The van der Waals surface area contributed by atoms with E-state index in [1.54, 1.807) is 12.1 Å². The molecule has 0 aliphatic carbocycles. The molecule has 6 heteroatoms. The second-order valence-corrected chi connectivity index (χ2v) is 4.65. The second kappa shape index (κ2) is 5.88. The fourth-order valence-corrected chi connectivity index (χ4v) is 2.15. The zero-order valence-electron chi connectivity index (χ0n) is 10.9. The lowest BCUT2D eigenvalue weighted by molar-refractivity contribution is -0.385. The molecule has 104 valence electrons. The third kappa shape index (κ3) is 3.14. The average molecular weight is 266 g/mol. The van der Waals surface area contributed by atoms with Crippen LogP contribution in [0.1, 0.15) is 19.8 Å². The minimum absolute atomic E-state index is 0.0167. The van der Waals surface area contributed by atoms with Gasteiger partial charge in [0.1, 0.15) is 0 Å². The summed E-state index contributed by atoms with van der Waals surface area (Å²) in [4.78, 5) is 12.5. The number of rotatable bonds is 5. The van der Waals surface area contributed by atoms with E-state index in [0.717, 1.165) is 25.1 Å². The molecule has 1 atom stereocenters. The lowest BCUT2D eigenvalue weighted by Gasteiger charge is -2.18. The number of benzene rings is 1. The van der Waals surface area contributed by atoms with Crippen LogP contribution < -0.4 is 9.64 Å². The van der Waals surface area contributed by atoms with Crippen molar-refractivity contribution < 1.29 is 14.8 Å². The summed E-state index contributed by atoms with van der Waals surface area (Å²) in [5, 5.41) is 20.5. The molecule has 2 rings (SSSR count). The van der Waals surface area contributed by atoms with Gasteiger partial charge in [0.05, 0.1) is 17.6 Å². The highest BCUT2D eigenvalue weighted by atomic mass is 16.6. The third-order valence-corrected chi connectivity index (χ3v) is 3.13. The number of aliphatic hydroxyl groups excluding tert-OH is 1. The van der Waals surface area contributed by atoms with Gasteiger partial charge in [-0.05, 0) is 18.9 Å². The second-order valence-electron chi connectivity index (χ2n) is 4.65. The first-order valence-corrected chi connectivity index (χ1v) is 6.46. The molecule has 1 aromatic rings. The van der Waals surface area contributed by atoms with E-state index < -0.39 is 4.92 Å². The maximum absolute atomic E-state index is 10.9. The van der Waals surface area contributed by atoms with Gasteiger partial charge < -0.3 is 14.7 Å².